The molecule has 0 aliphatic carbocycles. The van der Waals surface area contributed by atoms with E-state index in [1.807, 2.05) is 42.5 Å². The lowest BCUT2D eigenvalue weighted by Crippen LogP contribution is -2.28. The smallest absolute Gasteiger partial charge is 0.253 e. The Bertz CT molecular complexity index is 1460. The predicted octanol–water partition coefficient (Wildman–Crippen LogP) is 6.01. The Kier molecular flexibility index (Phi) is 5.48. The summed E-state index contributed by atoms with van der Waals surface area (Å²) in [5, 5.41) is 9.95. The molecular weight excluding hydrogens is 468 g/mol. The second kappa shape index (κ2) is 8.92. The van der Waals surface area contributed by atoms with E-state index >= 15 is 0 Å². The molecule has 9 heteroatoms. The van der Waals surface area contributed by atoms with Crippen molar-refractivity contribution in [1.82, 2.24) is 15.0 Å². The Morgan fingerprint density at radius 1 is 1.06 bits per heavy atom. The van der Waals surface area contributed by atoms with Gasteiger partial charge in [-0.3, -0.25) is 4.79 Å². The van der Waals surface area contributed by atoms with Gasteiger partial charge in [-0.2, -0.15) is 5.10 Å². The van der Waals surface area contributed by atoms with Gasteiger partial charge < -0.3 is 8.83 Å². The molecule has 0 bridgehead atoms. The summed E-state index contributed by atoms with van der Waals surface area (Å²) in [5.74, 6) is 1.40. The minimum absolute atomic E-state index is 0.129. The topological polar surface area (TPSA) is 84.7 Å². The zero-order valence-corrected chi connectivity index (χ0v) is 19.5. The van der Waals surface area contributed by atoms with Crippen molar-refractivity contribution in [1.29, 1.82) is 0 Å². The predicted molar refractivity (Wildman–Crippen MR) is 132 cm³/mol. The zero-order valence-electron chi connectivity index (χ0n) is 17.8. The molecular formula is C25H18N4O3S2. The first-order chi connectivity index (χ1) is 16.8. The molecule has 0 saturated heterocycles. The van der Waals surface area contributed by atoms with E-state index in [-0.39, 0.29) is 17.7 Å². The average molecular weight is 487 g/mol. The van der Waals surface area contributed by atoms with Crippen LogP contribution < -0.4 is 0 Å². The van der Waals surface area contributed by atoms with Crippen molar-refractivity contribution in [3.8, 4) is 11.1 Å². The largest absolute Gasteiger partial charge is 0.467 e. The lowest BCUT2D eigenvalue weighted by atomic mass is 10.1. The maximum Gasteiger partial charge on any atom is 0.253 e. The van der Waals surface area contributed by atoms with Gasteiger partial charge in [0.05, 0.1) is 23.7 Å². The SMILES string of the molecule is O=C(CSc1ncnc2scc(-c3ccccc3)c12)N1N=C(c2ccco2)CC1c1ccco1. The van der Waals surface area contributed by atoms with Crippen LogP contribution in [0.4, 0.5) is 0 Å². The van der Waals surface area contributed by atoms with Crippen LogP contribution in [0.3, 0.4) is 0 Å². The molecule has 0 N–H and O–H groups in total. The number of thioether (sulfide) groups is 1. The van der Waals surface area contributed by atoms with Gasteiger partial charge in [0.2, 0.25) is 0 Å². The molecule has 34 heavy (non-hydrogen) atoms. The highest BCUT2D eigenvalue weighted by molar-refractivity contribution is 8.00. The van der Waals surface area contributed by atoms with Gasteiger partial charge in [0.1, 0.15) is 39.5 Å². The summed E-state index contributed by atoms with van der Waals surface area (Å²) in [6.45, 7) is 0. The normalized spacial score (nSPS) is 15.7. The monoisotopic (exact) mass is 486 g/mol. The maximum atomic E-state index is 13.4. The Labute approximate surface area is 203 Å². The highest BCUT2D eigenvalue weighted by Gasteiger charge is 2.35. The summed E-state index contributed by atoms with van der Waals surface area (Å²) in [4.78, 5) is 23.2. The second-order valence-electron chi connectivity index (χ2n) is 7.66. The number of hydrogen-bond acceptors (Lipinski definition) is 8. The Balaban J connectivity index is 1.28. The minimum Gasteiger partial charge on any atom is -0.467 e. The summed E-state index contributed by atoms with van der Waals surface area (Å²) in [6, 6.07) is 17.2. The molecule has 5 aromatic rings. The third-order valence-electron chi connectivity index (χ3n) is 5.60. The van der Waals surface area contributed by atoms with E-state index < -0.39 is 0 Å². The first kappa shape index (κ1) is 20.9. The zero-order chi connectivity index (χ0) is 22.9. The molecule has 0 spiro atoms. The lowest BCUT2D eigenvalue weighted by molar-refractivity contribution is -0.130. The Morgan fingerprint density at radius 2 is 1.91 bits per heavy atom. The lowest BCUT2D eigenvalue weighted by Gasteiger charge is -2.19. The van der Waals surface area contributed by atoms with E-state index in [2.05, 4.69) is 32.6 Å². The second-order valence-corrected chi connectivity index (χ2v) is 9.48. The first-order valence-corrected chi connectivity index (χ1v) is 12.5. The fourth-order valence-electron chi connectivity index (χ4n) is 4.02. The van der Waals surface area contributed by atoms with Crippen molar-refractivity contribution >= 4 is 44.9 Å². The van der Waals surface area contributed by atoms with Crippen LogP contribution >= 0.6 is 23.1 Å². The molecule has 1 aliphatic heterocycles. The van der Waals surface area contributed by atoms with E-state index in [0.717, 1.165) is 32.1 Å². The molecule has 0 radical (unpaired) electrons. The van der Waals surface area contributed by atoms with Gasteiger partial charge in [-0.1, -0.05) is 42.1 Å². The quantitative estimate of drug-likeness (QED) is 0.216. The van der Waals surface area contributed by atoms with Gasteiger partial charge in [0.15, 0.2) is 0 Å². The van der Waals surface area contributed by atoms with Gasteiger partial charge in [-0.15, -0.1) is 11.3 Å². The third-order valence-corrected chi connectivity index (χ3v) is 7.46. The number of nitrogens with zero attached hydrogens (tertiary/aromatic N) is 4. The van der Waals surface area contributed by atoms with E-state index in [1.165, 1.54) is 16.8 Å². The fraction of sp³-hybridized carbons (Fsp3) is 0.120. The summed E-state index contributed by atoms with van der Waals surface area (Å²) in [7, 11) is 0. The summed E-state index contributed by atoms with van der Waals surface area (Å²) < 4.78 is 11.1. The van der Waals surface area contributed by atoms with E-state index in [9.17, 15) is 4.79 Å². The molecule has 0 fully saturated rings. The Morgan fingerprint density at radius 3 is 2.71 bits per heavy atom. The van der Waals surface area contributed by atoms with Crippen molar-refractivity contribution in [2.45, 2.75) is 17.5 Å². The van der Waals surface area contributed by atoms with Gasteiger partial charge in [0.25, 0.3) is 5.91 Å². The standard InChI is InChI=1S/C25H18N4O3S2/c30-22(29-19(21-9-5-11-32-21)12-18(28-29)20-8-4-10-31-20)14-34-25-23-17(16-6-2-1-3-7-16)13-33-24(23)26-15-27-25/h1-11,13,15,19H,12,14H2. The van der Waals surface area contributed by atoms with Gasteiger partial charge in [0, 0.05) is 17.4 Å². The molecule has 4 aromatic heterocycles. The van der Waals surface area contributed by atoms with Crippen LogP contribution in [0.15, 0.2) is 97.8 Å². The minimum atomic E-state index is -0.311. The van der Waals surface area contributed by atoms with E-state index in [0.29, 0.717) is 17.9 Å². The first-order valence-electron chi connectivity index (χ1n) is 10.6. The number of thiophene rings is 1. The maximum absolute atomic E-state index is 13.4. The Hall–Kier alpha value is -3.69. The number of aromatic nitrogens is 2. The average Bonchev–Trinajstić information content (AvgIpc) is 3.68. The number of rotatable bonds is 6. The van der Waals surface area contributed by atoms with Crippen molar-refractivity contribution in [3.05, 3.63) is 90.4 Å². The molecule has 1 aliphatic rings. The number of carbonyl (C=O) groups excluding carboxylic acids is 1. The van der Waals surface area contributed by atoms with E-state index in [1.54, 1.807) is 30.2 Å². The van der Waals surface area contributed by atoms with Crippen LogP contribution in [-0.4, -0.2) is 32.3 Å². The van der Waals surface area contributed by atoms with Crippen molar-refractivity contribution in [2.75, 3.05) is 5.75 Å². The van der Waals surface area contributed by atoms with E-state index in [4.69, 9.17) is 8.83 Å². The summed E-state index contributed by atoms with van der Waals surface area (Å²) in [6.07, 6.45) is 5.29. The molecule has 1 atom stereocenters. The van der Waals surface area contributed by atoms with Crippen LogP contribution in [0, 0.1) is 0 Å². The number of furan rings is 2. The van der Waals surface area contributed by atoms with Gasteiger partial charge >= 0.3 is 0 Å². The van der Waals surface area contributed by atoms with Crippen LogP contribution in [0.5, 0.6) is 0 Å². The number of fused-ring (bicyclic) bond motifs is 1. The third kappa shape index (κ3) is 3.82. The number of carbonyl (C=O) groups is 1. The number of hydrazone groups is 1. The van der Waals surface area contributed by atoms with Gasteiger partial charge in [-0.25, -0.2) is 15.0 Å². The van der Waals surface area contributed by atoms with Crippen LogP contribution in [0.2, 0.25) is 0 Å². The van der Waals surface area contributed by atoms with Crippen LogP contribution in [0.1, 0.15) is 24.0 Å². The van der Waals surface area contributed by atoms with Crippen LogP contribution in [-0.2, 0) is 4.79 Å². The number of hydrogen-bond donors (Lipinski definition) is 0. The van der Waals surface area contributed by atoms with Crippen LogP contribution in [0.25, 0.3) is 21.3 Å². The molecule has 0 saturated carbocycles. The molecule has 168 valence electrons. The molecule has 6 rings (SSSR count). The molecule has 1 aromatic carbocycles. The molecule has 1 unspecified atom stereocenters. The molecule has 5 heterocycles. The fourth-order valence-corrected chi connectivity index (χ4v) is 5.86. The number of amides is 1. The summed E-state index contributed by atoms with van der Waals surface area (Å²) in [5.41, 5.74) is 2.89. The van der Waals surface area contributed by atoms with Crippen molar-refractivity contribution in [2.24, 2.45) is 5.10 Å². The highest BCUT2D eigenvalue weighted by Crippen LogP contribution is 2.39. The number of benzene rings is 1. The molecule has 7 nitrogen and oxygen atoms in total. The summed E-state index contributed by atoms with van der Waals surface area (Å²) >= 11 is 2.97. The molecule has 1 amide bonds. The van der Waals surface area contributed by atoms with Gasteiger partial charge in [-0.05, 0) is 29.8 Å². The van der Waals surface area contributed by atoms with Crippen molar-refractivity contribution < 1.29 is 13.6 Å². The van der Waals surface area contributed by atoms with Crippen molar-refractivity contribution in [3.63, 3.8) is 0 Å². The highest BCUT2D eigenvalue weighted by atomic mass is 32.2.